The van der Waals surface area contributed by atoms with Gasteiger partial charge in [0.05, 0.1) is 5.60 Å². The lowest BCUT2D eigenvalue weighted by Crippen LogP contribution is -2.56. The van der Waals surface area contributed by atoms with Crippen molar-refractivity contribution < 1.29 is 14.4 Å². The molecule has 0 spiro atoms. The Hall–Kier alpha value is -2.48. The average molecular weight is 371 g/mol. The molecule has 8 heteroatoms. The van der Waals surface area contributed by atoms with Gasteiger partial charge >= 0.3 is 6.03 Å². The summed E-state index contributed by atoms with van der Waals surface area (Å²) in [6.07, 6.45) is 6.90. The number of nitrogens with zero attached hydrogens (tertiary/aromatic N) is 4. The van der Waals surface area contributed by atoms with Crippen molar-refractivity contribution in [2.75, 3.05) is 19.6 Å². The van der Waals surface area contributed by atoms with Crippen LogP contribution in [0.2, 0.25) is 0 Å². The number of urea groups is 1. The molecule has 0 aromatic carbocycles. The quantitative estimate of drug-likeness (QED) is 0.852. The van der Waals surface area contributed by atoms with Crippen molar-refractivity contribution in [2.45, 2.75) is 44.1 Å². The van der Waals surface area contributed by atoms with E-state index in [0.29, 0.717) is 49.9 Å². The van der Waals surface area contributed by atoms with E-state index < -0.39 is 5.60 Å². The summed E-state index contributed by atoms with van der Waals surface area (Å²) in [6, 6.07) is 5.42. The normalized spacial score (nSPS) is 25.1. The number of likely N-dealkylation sites (tertiary alicyclic amines) is 1. The van der Waals surface area contributed by atoms with Crippen molar-refractivity contribution in [3.63, 3.8) is 0 Å². The van der Waals surface area contributed by atoms with Gasteiger partial charge in [-0.05, 0) is 31.4 Å². The van der Waals surface area contributed by atoms with Gasteiger partial charge in [-0.2, -0.15) is 4.98 Å². The van der Waals surface area contributed by atoms with Gasteiger partial charge in [-0.25, -0.2) is 4.79 Å². The lowest BCUT2D eigenvalue weighted by Gasteiger charge is -2.47. The fourth-order valence-electron chi connectivity index (χ4n) is 4.10. The van der Waals surface area contributed by atoms with E-state index in [4.69, 9.17) is 4.52 Å². The Labute approximate surface area is 158 Å². The van der Waals surface area contributed by atoms with E-state index in [1.165, 1.54) is 0 Å². The maximum Gasteiger partial charge on any atom is 0.317 e. The highest BCUT2D eigenvalue weighted by Gasteiger charge is 2.43. The molecule has 2 aromatic heterocycles. The van der Waals surface area contributed by atoms with Crippen LogP contribution < -0.4 is 5.32 Å². The fourth-order valence-corrected chi connectivity index (χ4v) is 4.10. The molecule has 2 atom stereocenters. The molecule has 27 heavy (non-hydrogen) atoms. The molecule has 0 bridgehead atoms. The molecule has 4 rings (SSSR count). The Bertz CT molecular complexity index is 781. The van der Waals surface area contributed by atoms with Crippen LogP contribution >= 0.6 is 0 Å². The van der Waals surface area contributed by atoms with Crippen molar-refractivity contribution in [3.05, 3.63) is 30.3 Å². The lowest BCUT2D eigenvalue weighted by atomic mass is 9.71. The van der Waals surface area contributed by atoms with Gasteiger partial charge in [-0.3, -0.25) is 4.98 Å². The minimum Gasteiger partial charge on any atom is -0.389 e. The number of carbonyl (C=O) groups is 1. The van der Waals surface area contributed by atoms with Crippen LogP contribution in [0, 0.1) is 5.92 Å². The van der Waals surface area contributed by atoms with Crippen LogP contribution in [0.5, 0.6) is 0 Å². The van der Waals surface area contributed by atoms with Crippen LogP contribution in [0.4, 0.5) is 4.79 Å². The Morgan fingerprint density at radius 2 is 2.30 bits per heavy atom. The molecule has 2 aromatic rings. The maximum absolute atomic E-state index is 12.5. The van der Waals surface area contributed by atoms with Crippen LogP contribution in [0.1, 0.15) is 38.0 Å². The molecular weight excluding hydrogens is 346 g/mol. The maximum atomic E-state index is 12.5. The van der Waals surface area contributed by atoms with Gasteiger partial charge < -0.3 is 19.8 Å². The number of fused-ring (bicyclic) bond motifs is 1. The first-order valence-corrected chi connectivity index (χ1v) is 9.63. The smallest absolute Gasteiger partial charge is 0.317 e. The van der Waals surface area contributed by atoms with Crippen molar-refractivity contribution in [1.82, 2.24) is 25.3 Å². The molecule has 0 radical (unpaired) electrons. The zero-order valence-corrected chi connectivity index (χ0v) is 15.3. The third-order valence-corrected chi connectivity index (χ3v) is 5.69. The summed E-state index contributed by atoms with van der Waals surface area (Å²) in [7, 11) is 0. The van der Waals surface area contributed by atoms with Gasteiger partial charge in [0.1, 0.15) is 5.69 Å². The summed E-state index contributed by atoms with van der Waals surface area (Å²) in [4.78, 5) is 22.8. The predicted molar refractivity (Wildman–Crippen MR) is 97.7 cm³/mol. The number of amides is 2. The van der Waals surface area contributed by atoms with E-state index in [2.05, 4.69) is 20.4 Å². The molecule has 1 saturated heterocycles. The number of aromatic nitrogens is 3. The number of piperidine rings is 1. The fraction of sp³-hybridized carbons (Fsp3) is 0.579. The topological polar surface area (TPSA) is 104 Å². The first-order chi connectivity index (χ1) is 13.1. The van der Waals surface area contributed by atoms with Crippen LogP contribution in [-0.2, 0) is 6.42 Å². The summed E-state index contributed by atoms with van der Waals surface area (Å²) in [5, 5.41) is 17.6. The Morgan fingerprint density at radius 3 is 3.15 bits per heavy atom. The largest absolute Gasteiger partial charge is 0.389 e. The second-order valence-corrected chi connectivity index (χ2v) is 7.45. The SMILES string of the molecule is O=C(NCCc1nc(-c2ccccn2)no1)N1CC[C@@]2(O)CCCC[C@H]2C1. The van der Waals surface area contributed by atoms with Crippen molar-refractivity contribution in [1.29, 1.82) is 0 Å². The molecule has 3 heterocycles. The van der Waals surface area contributed by atoms with Gasteiger partial charge in [-0.1, -0.05) is 24.1 Å². The number of pyridine rings is 1. The van der Waals surface area contributed by atoms with Crippen LogP contribution in [0.15, 0.2) is 28.9 Å². The molecule has 2 amide bonds. The van der Waals surface area contributed by atoms with E-state index in [1.54, 1.807) is 6.20 Å². The van der Waals surface area contributed by atoms with E-state index in [1.807, 2.05) is 23.1 Å². The van der Waals surface area contributed by atoms with E-state index >= 15 is 0 Å². The molecule has 1 aliphatic carbocycles. The molecule has 2 N–H and O–H groups in total. The standard InChI is InChI=1S/C19H25N5O3/c25-18(24-12-9-19(26)8-3-1-5-14(19)13-24)21-11-7-16-22-17(23-27-16)15-6-2-4-10-20-15/h2,4,6,10,14,26H,1,3,5,7-9,11-13H2,(H,21,25)/t14-,19-/m0/s1. The number of hydrogen-bond acceptors (Lipinski definition) is 6. The number of nitrogens with one attached hydrogen (secondary N) is 1. The summed E-state index contributed by atoms with van der Waals surface area (Å²) in [6.45, 7) is 1.66. The lowest BCUT2D eigenvalue weighted by molar-refractivity contribution is -0.0870. The van der Waals surface area contributed by atoms with Crippen LogP contribution in [0.25, 0.3) is 11.5 Å². The van der Waals surface area contributed by atoms with E-state index in [-0.39, 0.29) is 11.9 Å². The third kappa shape index (κ3) is 3.95. The number of rotatable bonds is 4. The second kappa shape index (κ2) is 7.64. The van der Waals surface area contributed by atoms with Gasteiger partial charge in [0, 0.05) is 38.2 Å². The highest BCUT2D eigenvalue weighted by molar-refractivity contribution is 5.74. The summed E-state index contributed by atoms with van der Waals surface area (Å²) < 4.78 is 5.23. The van der Waals surface area contributed by atoms with E-state index in [9.17, 15) is 9.90 Å². The predicted octanol–water partition coefficient (Wildman–Crippen LogP) is 2.01. The highest BCUT2D eigenvalue weighted by atomic mass is 16.5. The summed E-state index contributed by atoms with van der Waals surface area (Å²) >= 11 is 0. The van der Waals surface area contributed by atoms with Gasteiger partial charge in [-0.15, -0.1) is 0 Å². The number of aliphatic hydroxyl groups is 1. The molecule has 2 aliphatic rings. The Balaban J connectivity index is 1.26. The zero-order valence-electron chi connectivity index (χ0n) is 15.3. The number of carbonyl (C=O) groups excluding carboxylic acids is 1. The minimum absolute atomic E-state index is 0.0907. The third-order valence-electron chi connectivity index (χ3n) is 5.69. The van der Waals surface area contributed by atoms with Crippen LogP contribution in [-0.4, -0.2) is 56.4 Å². The first-order valence-electron chi connectivity index (χ1n) is 9.63. The van der Waals surface area contributed by atoms with Crippen molar-refractivity contribution >= 4 is 6.03 Å². The minimum atomic E-state index is -0.569. The molecule has 8 nitrogen and oxygen atoms in total. The van der Waals surface area contributed by atoms with Crippen LogP contribution in [0.3, 0.4) is 0 Å². The molecule has 1 aliphatic heterocycles. The summed E-state index contributed by atoms with van der Waals surface area (Å²) in [5.41, 5.74) is 0.0885. The van der Waals surface area contributed by atoms with Gasteiger partial charge in [0.15, 0.2) is 0 Å². The Morgan fingerprint density at radius 1 is 1.37 bits per heavy atom. The first kappa shape index (κ1) is 17.9. The molecular formula is C19H25N5O3. The molecule has 2 fully saturated rings. The average Bonchev–Trinajstić information content (AvgIpc) is 3.17. The van der Waals surface area contributed by atoms with E-state index in [0.717, 1.165) is 25.7 Å². The van der Waals surface area contributed by atoms with Gasteiger partial charge in [0.2, 0.25) is 11.7 Å². The van der Waals surface area contributed by atoms with Crippen molar-refractivity contribution in [2.24, 2.45) is 5.92 Å². The molecule has 0 unspecified atom stereocenters. The Kier molecular flexibility index (Phi) is 5.07. The second-order valence-electron chi connectivity index (χ2n) is 7.45. The molecule has 144 valence electrons. The molecule has 1 saturated carbocycles. The number of hydrogen-bond donors (Lipinski definition) is 2. The monoisotopic (exact) mass is 371 g/mol. The van der Waals surface area contributed by atoms with Crippen molar-refractivity contribution in [3.8, 4) is 11.5 Å². The summed E-state index contributed by atoms with van der Waals surface area (Å²) in [5.74, 6) is 1.11. The zero-order chi connectivity index (χ0) is 18.7. The van der Waals surface area contributed by atoms with Gasteiger partial charge in [0.25, 0.3) is 0 Å². The highest BCUT2D eigenvalue weighted by Crippen LogP contribution is 2.39.